The fourth-order valence-electron chi connectivity index (χ4n) is 2.60. The topological polar surface area (TPSA) is 104 Å². The molecule has 0 spiro atoms. The first-order valence-corrected chi connectivity index (χ1v) is 7.38. The highest BCUT2D eigenvalue weighted by molar-refractivity contribution is 5.71. The maximum absolute atomic E-state index is 12.2. The average Bonchev–Trinajstić information content (AvgIpc) is 2.83. The molecule has 2 heterocycles. The van der Waals surface area contributed by atoms with Crippen LogP contribution in [-0.4, -0.2) is 36.3 Å². The van der Waals surface area contributed by atoms with Crippen LogP contribution < -0.4 is 5.69 Å². The van der Waals surface area contributed by atoms with Gasteiger partial charge < -0.3 is 10.2 Å². The van der Waals surface area contributed by atoms with Crippen LogP contribution in [0.25, 0.3) is 22.6 Å². The molecular formula is C16H18N4O3. The number of rotatable bonds is 4. The number of fused-ring (bicyclic) bond motifs is 1. The quantitative estimate of drug-likeness (QED) is 0.679. The summed E-state index contributed by atoms with van der Waals surface area (Å²) < 4.78 is 1.44. The van der Waals surface area contributed by atoms with E-state index < -0.39 is 0 Å². The lowest BCUT2D eigenvalue weighted by Crippen LogP contribution is -2.28. The molecule has 3 rings (SSSR count). The Kier molecular flexibility index (Phi) is 3.87. The van der Waals surface area contributed by atoms with E-state index in [1.165, 1.54) is 4.57 Å². The number of aliphatic hydroxyl groups is 1. The highest BCUT2D eigenvalue weighted by Crippen LogP contribution is 2.24. The van der Waals surface area contributed by atoms with Gasteiger partial charge >= 0.3 is 5.69 Å². The Morgan fingerprint density at radius 3 is 2.78 bits per heavy atom. The van der Waals surface area contributed by atoms with Crippen molar-refractivity contribution in [2.24, 2.45) is 5.92 Å². The van der Waals surface area contributed by atoms with Gasteiger partial charge in [-0.1, -0.05) is 26.0 Å². The zero-order valence-electron chi connectivity index (χ0n) is 12.9. The summed E-state index contributed by atoms with van der Waals surface area (Å²) in [6, 6.07) is 6.28. The largest absolute Gasteiger partial charge is 0.508 e. The van der Waals surface area contributed by atoms with Crippen molar-refractivity contribution < 1.29 is 10.2 Å². The smallest absolute Gasteiger partial charge is 0.329 e. The number of aliphatic hydroxyl groups excluding tert-OH is 1. The van der Waals surface area contributed by atoms with Crippen LogP contribution in [-0.2, 0) is 0 Å². The highest BCUT2D eigenvalue weighted by Gasteiger charge is 2.21. The predicted molar refractivity (Wildman–Crippen MR) is 86.2 cm³/mol. The molecule has 0 saturated heterocycles. The highest BCUT2D eigenvalue weighted by atomic mass is 16.3. The maximum atomic E-state index is 12.2. The number of aromatic hydroxyl groups is 1. The van der Waals surface area contributed by atoms with Gasteiger partial charge in [0, 0.05) is 5.56 Å². The molecule has 7 heteroatoms. The zero-order chi connectivity index (χ0) is 16.6. The Hall–Kier alpha value is -2.67. The molecule has 7 nitrogen and oxygen atoms in total. The monoisotopic (exact) mass is 314 g/mol. The van der Waals surface area contributed by atoms with Crippen molar-refractivity contribution in [3.8, 4) is 17.0 Å². The Bertz CT molecular complexity index is 898. The third-order valence-electron chi connectivity index (χ3n) is 3.86. The van der Waals surface area contributed by atoms with Gasteiger partial charge in [-0.2, -0.15) is 0 Å². The fraction of sp³-hybridized carbons (Fsp3) is 0.312. The number of hydrogen-bond acceptors (Lipinski definition) is 5. The average molecular weight is 314 g/mol. The van der Waals surface area contributed by atoms with E-state index in [0.717, 1.165) is 0 Å². The third kappa shape index (κ3) is 2.70. The van der Waals surface area contributed by atoms with Gasteiger partial charge in [0.1, 0.15) is 5.75 Å². The normalized spacial score (nSPS) is 12.9. The predicted octanol–water partition coefficient (Wildman–Crippen LogP) is 1.68. The van der Waals surface area contributed by atoms with Crippen LogP contribution in [0.1, 0.15) is 19.9 Å². The standard InChI is InChI=1S/C16H18N4O3/c1-9(2)13(8-21)20-15-14(19-16(20)23)17-7-12(18-15)10-4-3-5-11(22)6-10/h3-7,9,13,21-22H,8H2,1-2H3,(H,17,19,23)/t13-/m0/s1. The number of hydrogen-bond donors (Lipinski definition) is 3. The van der Waals surface area contributed by atoms with Crippen LogP contribution in [0.4, 0.5) is 0 Å². The molecule has 23 heavy (non-hydrogen) atoms. The van der Waals surface area contributed by atoms with E-state index >= 15 is 0 Å². The second-order valence-electron chi connectivity index (χ2n) is 5.77. The lowest BCUT2D eigenvalue weighted by atomic mass is 10.1. The third-order valence-corrected chi connectivity index (χ3v) is 3.86. The maximum Gasteiger partial charge on any atom is 0.329 e. The molecule has 0 saturated carbocycles. The van der Waals surface area contributed by atoms with Crippen molar-refractivity contribution in [1.82, 2.24) is 19.5 Å². The molecule has 3 aromatic rings. The molecule has 3 N–H and O–H groups in total. The first kappa shape index (κ1) is 15.2. The van der Waals surface area contributed by atoms with Crippen molar-refractivity contribution >= 4 is 11.3 Å². The van der Waals surface area contributed by atoms with E-state index in [1.807, 2.05) is 13.8 Å². The molecule has 0 radical (unpaired) electrons. The first-order valence-electron chi connectivity index (χ1n) is 7.38. The number of aromatic amines is 1. The van der Waals surface area contributed by atoms with Gasteiger partial charge in [-0.3, -0.25) is 9.55 Å². The summed E-state index contributed by atoms with van der Waals surface area (Å²) in [4.78, 5) is 23.6. The summed E-state index contributed by atoms with van der Waals surface area (Å²) in [6.45, 7) is 3.69. The van der Waals surface area contributed by atoms with Crippen molar-refractivity contribution in [1.29, 1.82) is 0 Å². The van der Waals surface area contributed by atoms with E-state index in [4.69, 9.17) is 0 Å². The van der Waals surface area contributed by atoms with Crippen molar-refractivity contribution in [2.45, 2.75) is 19.9 Å². The number of phenolic OH excluding ortho intramolecular Hbond substituents is 1. The van der Waals surface area contributed by atoms with Gasteiger partial charge in [-0.15, -0.1) is 0 Å². The van der Waals surface area contributed by atoms with Gasteiger partial charge in [0.25, 0.3) is 0 Å². The molecule has 1 aromatic carbocycles. The van der Waals surface area contributed by atoms with Gasteiger partial charge in [0.2, 0.25) is 0 Å². The summed E-state index contributed by atoms with van der Waals surface area (Å²) in [5.74, 6) is 0.189. The minimum Gasteiger partial charge on any atom is -0.508 e. The number of imidazole rings is 1. The zero-order valence-corrected chi connectivity index (χ0v) is 12.9. The Labute approximate surface area is 132 Å². The van der Waals surface area contributed by atoms with Crippen molar-refractivity contribution in [2.75, 3.05) is 6.61 Å². The minimum absolute atomic E-state index is 0.0583. The minimum atomic E-state index is -0.384. The molecule has 120 valence electrons. The fourth-order valence-corrected chi connectivity index (χ4v) is 2.60. The number of benzene rings is 1. The second-order valence-corrected chi connectivity index (χ2v) is 5.77. The lowest BCUT2D eigenvalue weighted by molar-refractivity contribution is 0.193. The molecule has 0 amide bonds. The Morgan fingerprint density at radius 1 is 1.35 bits per heavy atom. The number of nitrogens with zero attached hydrogens (tertiary/aromatic N) is 3. The molecule has 0 unspecified atom stereocenters. The van der Waals surface area contributed by atoms with Crippen LogP contribution in [0.3, 0.4) is 0 Å². The second kappa shape index (κ2) is 5.85. The summed E-state index contributed by atoms with van der Waals surface area (Å²) in [6.07, 6.45) is 1.54. The molecule has 2 aromatic heterocycles. The molecular weight excluding hydrogens is 296 g/mol. The van der Waals surface area contributed by atoms with Gasteiger partial charge in [0.15, 0.2) is 11.3 Å². The van der Waals surface area contributed by atoms with E-state index in [2.05, 4.69) is 15.0 Å². The van der Waals surface area contributed by atoms with Crippen LogP contribution >= 0.6 is 0 Å². The van der Waals surface area contributed by atoms with Crippen LogP contribution in [0.2, 0.25) is 0 Å². The van der Waals surface area contributed by atoms with E-state index in [-0.39, 0.29) is 30.0 Å². The Balaban J connectivity index is 2.21. The summed E-state index contributed by atoms with van der Waals surface area (Å²) >= 11 is 0. The van der Waals surface area contributed by atoms with Crippen LogP contribution in [0.15, 0.2) is 35.3 Å². The molecule has 0 fully saturated rings. The molecule has 0 aliphatic heterocycles. The molecule has 0 aliphatic rings. The number of nitrogens with one attached hydrogen (secondary N) is 1. The molecule has 0 aliphatic carbocycles. The van der Waals surface area contributed by atoms with Gasteiger partial charge in [-0.25, -0.2) is 14.8 Å². The van der Waals surface area contributed by atoms with Crippen molar-refractivity contribution in [3.05, 3.63) is 40.9 Å². The van der Waals surface area contributed by atoms with E-state index in [9.17, 15) is 15.0 Å². The summed E-state index contributed by atoms with van der Waals surface area (Å²) in [7, 11) is 0. The lowest BCUT2D eigenvalue weighted by Gasteiger charge is -2.19. The number of phenols is 1. The SMILES string of the molecule is CC(C)[C@H](CO)n1c(=O)[nH]c2ncc(-c3cccc(O)c3)nc21. The Morgan fingerprint density at radius 2 is 2.13 bits per heavy atom. The molecule has 0 bridgehead atoms. The van der Waals surface area contributed by atoms with E-state index in [0.29, 0.717) is 22.6 Å². The summed E-state index contributed by atoms with van der Waals surface area (Å²) in [5, 5.41) is 19.2. The first-order chi connectivity index (χ1) is 11.0. The summed E-state index contributed by atoms with van der Waals surface area (Å²) in [5.41, 5.74) is 1.66. The van der Waals surface area contributed by atoms with Crippen LogP contribution in [0, 0.1) is 5.92 Å². The number of H-pyrrole nitrogens is 1. The van der Waals surface area contributed by atoms with E-state index in [1.54, 1.807) is 30.5 Å². The van der Waals surface area contributed by atoms with Crippen molar-refractivity contribution in [3.63, 3.8) is 0 Å². The van der Waals surface area contributed by atoms with Gasteiger partial charge in [-0.05, 0) is 18.1 Å². The van der Waals surface area contributed by atoms with Gasteiger partial charge in [0.05, 0.1) is 24.5 Å². The van der Waals surface area contributed by atoms with Crippen LogP contribution in [0.5, 0.6) is 5.75 Å². The molecule has 1 atom stereocenters. The number of aromatic nitrogens is 4.